The van der Waals surface area contributed by atoms with Crippen molar-refractivity contribution in [1.29, 1.82) is 0 Å². The van der Waals surface area contributed by atoms with E-state index in [-0.39, 0.29) is 0 Å². The van der Waals surface area contributed by atoms with Gasteiger partial charge in [-0.3, -0.25) is 14.8 Å². The Bertz CT molecular complexity index is 646. The standard InChI is InChI=1S/C18H24N4S/c1-15-20-17(14-23-15)13-22-10-6-18(22)4-8-21(9-5-18)12-16-3-2-7-19-11-16/h2-3,7,11,14H,4-6,8-10,12-13H2,1H3. The van der Waals surface area contributed by atoms with Gasteiger partial charge in [0.15, 0.2) is 0 Å². The Balaban J connectivity index is 1.33. The Morgan fingerprint density at radius 3 is 2.61 bits per heavy atom. The summed E-state index contributed by atoms with van der Waals surface area (Å²) in [5, 5.41) is 3.40. The highest BCUT2D eigenvalue weighted by Crippen LogP contribution is 2.41. The monoisotopic (exact) mass is 328 g/mol. The fraction of sp³-hybridized carbons (Fsp3) is 0.556. The Kier molecular flexibility index (Phi) is 4.18. The first-order valence-electron chi connectivity index (χ1n) is 8.51. The summed E-state index contributed by atoms with van der Waals surface area (Å²) in [5.74, 6) is 0. The fourth-order valence-corrected chi connectivity index (χ4v) is 4.56. The molecule has 122 valence electrons. The minimum absolute atomic E-state index is 0.447. The molecule has 2 aliphatic heterocycles. The van der Waals surface area contributed by atoms with Gasteiger partial charge in [-0.15, -0.1) is 11.3 Å². The van der Waals surface area contributed by atoms with Crippen LogP contribution < -0.4 is 0 Å². The SMILES string of the molecule is Cc1nc(CN2CCC23CCN(Cc2cccnc2)CC3)cs1. The van der Waals surface area contributed by atoms with Crippen LogP contribution in [0.3, 0.4) is 0 Å². The summed E-state index contributed by atoms with van der Waals surface area (Å²) in [6.07, 6.45) is 7.77. The van der Waals surface area contributed by atoms with Crippen LogP contribution in [0.4, 0.5) is 0 Å². The van der Waals surface area contributed by atoms with E-state index in [4.69, 9.17) is 0 Å². The third-order valence-electron chi connectivity index (χ3n) is 5.45. The Morgan fingerprint density at radius 1 is 1.17 bits per heavy atom. The number of piperidine rings is 1. The first kappa shape index (κ1) is 15.2. The maximum atomic E-state index is 4.64. The van der Waals surface area contributed by atoms with Crippen LogP contribution in [0.1, 0.15) is 35.5 Å². The average Bonchev–Trinajstić information content (AvgIpc) is 2.99. The second-order valence-corrected chi connectivity index (χ2v) is 7.95. The number of hydrogen-bond acceptors (Lipinski definition) is 5. The lowest BCUT2D eigenvalue weighted by atomic mass is 9.76. The normalized spacial score (nSPS) is 21.4. The van der Waals surface area contributed by atoms with Gasteiger partial charge < -0.3 is 0 Å². The van der Waals surface area contributed by atoms with Crippen molar-refractivity contribution in [2.24, 2.45) is 0 Å². The van der Waals surface area contributed by atoms with Crippen LogP contribution >= 0.6 is 11.3 Å². The predicted molar refractivity (Wildman–Crippen MR) is 93.4 cm³/mol. The lowest BCUT2D eigenvalue weighted by molar-refractivity contribution is -0.0665. The summed E-state index contributed by atoms with van der Waals surface area (Å²) in [5.41, 5.74) is 3.03. The van der Waals surface area contributed by atoms with Crippen LogP contribution in [-0.2, 0) is 13.1 Å². The van der Waals surface area contributed by atoms with Gasteiger partial charge in [-0.2, -0.15) is 0 Å². The number of aromatic nitrogens is 2. The van der Waals surface area contributed by atoms with E-state index in [1.165, 1.54) is 55.2 Å². The molecule has 0 atom stereocenters. The minimum Gasteiger partial charge on any atom is -0.299 e. The fourth-order valence-electron chi connectivity index (χ4n) is 3.95. The van der Waals surface area contributed by atoms with E-state index < -0.39 is 0 Å². The Labute approximate surface area is 142 Å². The molecule has 23 heavy (non-hydrogen) atoms. The summed E-state index contributed by atoms with van der Waals surface area (Å²) in [6.45, 7) is 7.79. The van der Waals surface area contributed by atoms with Crippen LogP contribution in [0.15, 0.2) is 29.9 Å². The zero-order valence-electron chi connectivity index (χ0n) is 13.7. The third-order valence-corrected chi connectivity index (χ3v) is 6.28. The molecule has 2 saturated heterocycles. The molecule has 2 aliphatic rings. The lowest BCUT2D eigenvalue weighted by Crippen LogP contribution is -2.63. The van der Waals surface area contributed by atoms with Crippen molar-refractivity contribution in [3.8, 4) is 0 Å². The molecule has 0 radical (unpaired) electrons. The second-order valence-electron chi connectivity index (χ2n) is 6.89. The van der Waals surface area contributed by atoms with Crippen LogP contribution in [0.2, 0.25) is 0 Å². The Morgan fingerprint density at radius 2 is 2.00 bits per heavy atom. The number of pyridine rings is 1. The zero-order chi connectivity index (χ0) is 15.7. The molecule has 0 aromatic carbocycles. The molecule has 2 aromatic rings. The highest BCUT2D eigenvalue weighted by atomic mass is 32.1. The Hall–Kier alpha value is -1.30. The molecule has 5 heteroatoms. The van der Waals surface area contributed by atoms with E-state index in [1.54, 1.807) is 11.3 Å². The summed E-state index contributed by atoms with van der Waals surface area (Å²) in [4.78, 5) is 14.1. The lowest BCUT2D eigenvalue weighted by Gasteiger charge is -2.56. The van der Waals surface area contributed by atoms with Gasteiger partial charge in [-0.05, 0) is 37.8 Å². The summed E-state index contributed by atoms with van der Waals surface area (Å²) >= 11 is 1.77. The largest absolute Gasteiger partial charge is 0.299 e. The van der Waals surface area contributed by atoms with E-state index in [2.05, 4.69) is 38.1 Å². The van der Waals surface area contributed by atoms with Crippen molar-refractivity contribution >= 4 is 11.3 Å². The predicted octanol–water partition coefficient (Wildman–Crippen LogP) is 3.09. The molecule has 4 heterocycles. The third kappa shape index (κ3) is 3.18. The molecule has 0 bridgehead atoms. The molecule has 0 unspecified atom stereocenters. The minimum atomic E-state index is 0.447. The molecule has 1 spiro atoms. The molecular formula is C18H24N4S. The molecule has 2 aromatic heterocycles. The van der Waals surface area contributed by atoms with Gasteiger partial charge in [0.2, 0.25) is 0 Å². The van der Waals surface area contributed by atoms with Gasteiger partial charge in [0.05, 0.1) is 10.7 Å². The molecule has 4 nitrogen and oxygen atoms in total. The van der Waals surface area contributed by atoms with Crippen molar-refractivity contribution in [3.63, 3.8) is 0 Å². The first-order valence-corrected chi connectivity index (χ1v) is 9.39. The molecular weight excluding hydrogens is 304 g/mol. The van der Waals surface area contributed by atoms with E-state index in [1.807, 2.05) is 18.5 Å². The van der Waals surface area contributed by atoms with E-state index in [9.17, 15) is 0 Å². The quantitative estimate of drug-likeness (QED) is 0.863. The van der Waals surface area contributed by atoms with Crippen LogP contribution in [0, 0.1) is 6.92 Å². The molecule has 0 aliphatic carbocycles. The molecule has 2 fully saturated rings. The number of thiazole rings is 1. The molecule has 0 saturated carbocycles. The highest BCUT2D eigenvalue weighted by Gasteiger charge is 2.46. The smallest absolute Gasteiger partial charge is 0.0897 e. The van der Waals surface area contributed by atoms with Crippen LogP contribution in [0.25, 0.3) is 0 Å². The van der Waals surface area contributed by atoms with Gasteiger partial charge in [0.1, 0.15) is 0 Å². The number of aryl methyl sites for hydroxylation is 1. The van der Waals surface area contributed by atoms with Gasteiger partial charge in [0.25, 0.3) is 0 Å². The van der Waals surface area contributed by atoms with Crippen molar-refractivity contribution < 1.29 is 0 Å². The van der Waals surface area contributed by atoms with Crippen molar-refractivity contribution in [2.75, 3.05) is 19.6 Å². The van der Waals surface area contributed by atoms with Crippen LogP contribution in [-0.4, -0.2) is 44.9 Å². The molecule has 0 N–H and O–H groups in total. The van der Waals surface area contributed by atoms with E-state index in [0.717, 1.165) is 13.1 Å². The highest BCUT2D eigenvalue weighted by molar-refractivity contribution is 7.09. The van der Waals surface area contributed by atoms with Crippen molar-refractivity contribution in [1.82, 2.24) is 19.8 Å². The maximum absolute atomic E-state index is 4.64. The summed E-state index contributed by atoms with van der Waals surface area (Å²) in [6, 6.07) is 4.21. The van der Waals surface area contributed by atoms with E-state index in [0.29, 0.717) is 5.54 Å². The topological polar surface area (TPSA) is 32.3 Å². The van der Waals surface area contributed by atoms with Gasteiger partial charge in [-0.1, -0.05) is 6.07 Å². The summed E-state index contributed by atoms with van der Waals surface area (Å²) < 4.78 is 0. The molecule has 4 rings (SSSR count). The molecule has 0 amide bonds. The first-order chi connectivity index (χ1) is 11.2. The summed E-state index contributed by atoms with van der Waals surface area (Å²) in [7, 11) is 0. The average molecular weight is 328 g/mol. The van der Waals surface area contributed by atoms with Gasteiger partial charge in [0, 0.05) is 56.0 Å². The second kappa shape index (κ2) is 6.30. The van der Waals surface area contributed by atoms with Crippen molar-refractivity contribution in [2.45, 2.75) is 44.8 Å². The van der Waals surface area contributed by atoms with E-state index >= 15 is 0 Å². The number of nitrogens with zero attached hydrogens (tertiary/aromatic N) is 4. The van der Waals surface area contributed by atoms with Gasteiger partial charge >= 0.3 is 0 Å². The number of rotatable bonds is 4. The maximum Gasteiger partial charge on any atom is 0.0897 e. The van der Waals surface area contributed by atoms with Gasteiger partial charge in [-0.25, -0.2) is 4.98 Å². The van der Waals surface area contributed by atoms with Crippen LogP contribution in [0.5, 0.6) is 0 Å². The number of likely N-dealkylation sites (tertiary alicyclic amines) is 2. The number of hydrogen-bond donors (Lipinski definition) is 0. The zero-order valence-corrected chi connectivity index (χ0v) is 14.6. The van der Waals surface area contributed by atoms with Crippen molar-refractivity contribution in [3.05, 3.63) is 46.2 Å².